The van der Waals surface area contributed by atoms with Crippen LogP contribution in [0, 0.1) is 0 Å². The molecule has 0 aromatic carbocycles. The molecular formula is CH3AgIO3. The zero-order valence-electron chi connectivity index (χ0n) is 2.51. The molecule has 0 saturated heterocycles. The summed E-state index contributed by atoms with van der Waals surface area (Å²) in [6, 6.07) is 0. The topological polar surface area (TPSA) is 57.5 Å². The number of hydrogen-bond donors (Lipinski definition) is 2. The maximum atomic E-state index is 8.56. The van der Waals surface area contributed by atoms with Crippen LogP contribution in [0.4, 0.5) is 4.79 Å². The van der Waals surface area contributed by atoms with Crippen molar-refractivity contribution in [1.29, 1.82) is 0 Å². The first kappa shape index (κ1) is 15.9. The Morgan fingerprint density at radius 3 is 1.33 bits per heavy atom. The largest absolute Gasteiger partial charge is 0.503 e. The molecule has 0 amide bonds. The summed E-state index contributed by atoms with van der Waals surface area (Å²) in [6.07, 6.45) is -1.83. The van der Waals surface area contributed by atoms with Gasteiger partial charge in [-0.3, -0.25) is 0 Å². The summed E-state index contributed by atoms with van der Waals surface area (Å²) in [5.41, 5.74) is 0. The van der Waals surface area contributed by atoms with Crippen molar-refractivity contribution in [3.8, 4) is 0 Å². The monoisotopic (exact) mass is 297 g/mol. The van der Waals surface area contributed by atoms with Crippen LogP contribution in [0.1, 0.15) is 0 Å². The van der Waals surface area contributed by atoms with Crippen LogP contribution in [-0.2, 0) is 22.4 Å². The molecule has 0 fully saturated rings. The number of carboxylic acid groups (broad SMARTS) is 2. The van der Waals surface area contributed by atoms with Crippen molar-refractivity contribution >= 4 is 30.1 Å². The Morgan fingerprint density at radius 1 is 1.33 bits per heavy atom. The van der Waals surface area contributed by atoms with Gasteiger partial charge < -0.3 is 10.2 Å². The van der Waals surface area contributed by atoms with Crippen LogP contribution < -0.4 is 0 Å². The fourth-order valence-corrected chi connectivity index (χ4v) is 0. The molecule has 2 N–H and O–H groups in total. The van der Waals surface area contributed by atoms with E-state index in [9.17, 15) is 0 Å². The van der Waals surface area contributed by atoms with E-state index < -0.39 is 6.16 Å². The van der Waals surface area contributed by atoms with Crippen molar-refractivity contribution in [3.05, 3.63) is 0 Å². The van der Waals surface area contributed by atoms with Crippen molar-refractivity contribution < 1.29 is 37.4 Å². The van der Waals surface area contributed by atoms with Gasteiger partial charge in [0.2, 0.25) is 0 Å². The van der Waals surface area contributed by atoms with Gasteiger partial charge in [-0.15, -0.1) is 24.0 Å². The molecule has 0 atom stereocenters. The van der Waals surface area contributed by atoms with Gasteiger partial charge in [0, 0.05) is 22.4 Å². The molecule has 0 spiro atoms. The van der Waals surface area contributed by atoms with E-state index in [1.54, 1.807) is 0 Å². The second kappa shape index (κ2) is 9.22. The minimum atomic E-state index is -1.83. The summed E-state index contributed by atoms with van der Waals surface area (Å²) in [7, 11) is 0. The smallest absolute Gasteiger partial charge is 0.450 e. The van der Waals surface area contributed by atoms with Gasteiger partial charge in [-0.2, -0.15) is 0 Å². The minimum Gasteiger partial charge on any atom is -0.450 e. The van der Waals surface area contributed by atoms with Gasteiger partial charge in [-0.1, -0.05) is 0 Å². The predicted molar refractivity (Wildman–Crippen MR) is 26.1 cm³/mol. The van der Waals surface area contributed by atoms with Crippen LogP contribution >= 0.6 is 24.0 Å². The van der Waals surface area contributed by atoms with Gasteiger partial charge in [0.15, 0.2) is 0 Å². The van der Waals surface area contributed by atoms with Crippen LogP contribution in [0.3, 0.4) is 0 Å². The molecule has 0 aromatic heterocycles. The Balaban J connectivity index is -0.0000000450. The van der Waals surface area contributed by atoms with Crippen molar-refractivity contribution in [2.75, 3.05) is 0 Å². The molecule has 6 heavy (non-hydrogen) atoms. The average Bonchev–Trinajstić information content (AvgIpc) is 0.811. The van der Waals surface area contributed by atoms with E-state index in [-0.39, 0.29) is 46.4 Å². The minimum absolute atomic E-state index is 0. The van der Waals surface area contributed by atoms with E-state index in [0.29, 0.717) is 0 Å². The van der Waals surface area contributed by atoms with Crippen LogP contribution in [0.2, 0.25) is 0 Å². The first-order valence-corrected chi connectivity index (χ1v) is 0.651. The molecule has 0 aliphatic carbocycles. The molecule has 0 aliphatic rings. The van der Waals surface area contributed by atoms with Gasteiger partial charge in [-0.25, -0.2) is 4.79 Å². The SMILES string of the molecule is I.O=C(O)O.[Ag]. The third-order valence-corrected chi connectivity index (χ3v) is 0. The van der Waals surface area contributed by atoms with Crippen molar-refractivity contribution in [2.24, 2.45) is 0 Å². The van der Waals surface area contributed by atoms with E-state index >= 15 is 0 Å². The molecular weight excluding hydrogens is 295 g/mol. The van der Waals surface area contributed by atoms with Gasteiger partial charge in [0.05, 0.1) is 0 Å². The third kappa shape index (κ3) is 121. The zero-order valence-corrected chi connectivity index (χ0v) is 6.33. The summed E-state index contributed by atoms with van der Waals surface area (Å²) >= 11 is 0. The van der Waals surface area contributed by atoms with E-state index in [2.05, 4.69) is 0 Å². The second-order valence-electron chi connectivity index (χ2n) is 0.283. The third-order valence-electron chi connectivity index (χ3n) is 0. The van der Waals surface area contributed by atoms with Crippen molar-refractivity contribution in [3.63, 3.8) is 0 Å². The van der Waals surface area contributed by atoms with Crippen LogP contribution in [0.25, 0.3) is 0 Å². The molecule has 0 bridgehead atoms. The van der Waals surface area contributed by atoms with Crippen LogP contribution in [0.5, 0.6) is 0 Å². The molecule has 0 saturated carbocycles. The number of rotatable bonds is 0. The molecule has 0 rings (SSSR count). The Labute approximate surface area is 67.3 Å². The maximum absolute atomic E-state index is 8.56. The molecule has 1 radical (unpaired) electrons. The summed E-state index contributed by atoms with van der Waals surface area (Å²) in [5, 5.41) is 13.9. The van der Waals surface area contributed by atoms with Crippen LogP contribution in [-0.4, -0.2) is 16.4 Å². The molecule has 0 heterocycles. The van der Waals surface area contributed by atoms with Gasteiger partial charge in [0.1, 0.15) is 0 Å². The number of halogens is 1. The van der Waals surface area contributed by atoms with E-state index in [0.717, 1.165) is 0 Å². The molecule has 3 nitrogen and oxygen atoms in total. The molecule has 0 aromatic rings. The first-order chi connectivity index (χ1) is 1.73. The fourth-order valence-electron chi connectivity index (χ4n) is 0. The Kier molecular flexibility index (Phi) is 24.4. The van der Waals surface area contributed by atoms with Crippen molar-refractivity contribution in [1.82, 2.24) is 0 Å². The van der Waals surface area contributed by atoms with Gasteiger partial charge in [-0.05, 0) is 0 Å². The van der Waals surface area contributed by atoms with Crippen molar-refractivity contribution in [2.45, 2.75) is 0 Å². The number of carbonyl (C=O) groups is 1. The standard InChI is InChI=1S/CH2O3.Ag.HI/c2-1(3)4;;/h(H2,2,3,4);;1H. The van der Waals surface area contributed by atoms with Gasteiger partial charge in [0.25, 0.3) is 0 Å². The summed E-state index contributed by atoms with van der Waals surface area (Å²) in [4.78, 5) is 8.56. The summed E-state index contributed by atoms with van der Waals surface area (Å²) < 4.78 is 0. The average molecular weight is 298 g/mol. The Hall–Kier alpha value is 0.740. The normalized spacial score (nSPS) is 4.00. The Bertz CT molecular complexity index is 33.8. The van der Waals surface area contributed by atoms with Crippen LogP contribution in [0.15, 0.2) is 0 Å². The van der Waals surface area contributed by atoms with E-state index in [1.165, 1.54) is 0 Å². The fraction of sp³-hybridized carbons (Fsp3) is 0. The molecule has 5 heteroatoms. The maximum Gasteiger partial charge on any atom is 0.503 e. The quantitative estimate of drug-likeness (QED) is 0.514. The van der Waals surface area contributed by atoms with E-state index in [1.807, 2.05) is 0 Å². The summed E-state index contributed by atoms with van der Waals surface area (Å²) in [6.45, 7) is 0. The molecule has 0 aliphatic heterocycles. The molecule has 43 valence electrons. The van der Waals surface area contributed by atoms with Gasteiger partial charge >= 0.3 is 6.16 Å². The first-order valence-electron chi connectivity index (χ1n) is 0.651. The number of hydrogen-bond acceptors (Lipinski definition) is 1. The predicted octanol–water partition coefficient (Wildman–Crippen LogP) is 0.838. The Morgan fingerprint density at radius 2 is 1.33 bits per heavy atom. The van der Waals surface area contributed by atoms with E-state index in [4.69, 9.17) is 15.0 Å². The molecule has 0 unspecified atom stereocenters. The second-order valence-corrected chi connectivity index (χ2v) is 0.283. The summed E-state index contributed by atoms with van der Waals surface area (Å²) in [5.74, 6) is 0. The zero-order chi connectivity index (χ0) is 3.58.